The number of rotatable bonds is 14. The lowest BCUT2D eigenvalue weighted by molar-refractivity contribution is 0.444. The molecule has 0 aliphatic carbocycles. The van der Waals surface area contributed by atoms with Crippen LogP contribution in [0.25, 0.3) is 0 Å². The van der Waals surface area contributed by atoms with Crippen LogP contribution in [0, 0.1) is 19.8 Å². The van der Waals surface area contributed by atoms with Crippen LogP contribution in [-0.2, 0) is 0 Å². The first-order chi connectivity index (χ1) is 9.35. The highest BCUT2D eigenvalue weighted by molar-refractivity contribution is 4.83. The normalized spacial score (nSPS) is 13.2. The molecular weight excluding hydrogens is 228 g/mol. The van der Waals surface area contributed by atoms with E-state index in [0.29, 0.717) is 0 Å². The monoisotopic (exact) mass is 264 g/mol. The van der Waals surface area contributed by atoms with E-state index in [4.69, 9.17) is 0 Å². The first-order valence-electron chi connectivity index (χ1n) is 8.58. The summed E-state index contributed by atoms with van der Waals surface area (Å²) in [7, 11) is 0. The molecule has 0 nitrogen and oxygen atoms in total. The van der Waals surface area contributed by atoms with Gasteiger partial charge in [-0.1, -0.05) is 97.1 Å². The Morgan fingerprint density at radius 1 is 0.789 bits per heavy atom. The van der Waals surface area contributed by atoms with E-state index in [9.17, 15) is 0 Å². The van der Waals surface area contributed by atoms with E-state index in [-0.39, 0.29) is 0 Å². The largest absolute Gasteiger partial charge is 0.0885 e. The van der Waals surface area contributed by atoms with Gasteiger partial charge in [-0.2, -0.15) is 0 Å². The molecule has 0 heterocycles. The van der Waals surface area contributed by atoms with Gasteiger partial charge in [-0.3, -0.25) is 0 Å². The molecule has 0 aliphatic rings. The zero-order chi connectivity index (χ0) is 14.2. The maximum Gasteiger partial charge on any atom is -0.0322 e. The van der Waals surface area contributed by atoms with Crippen LogP contribution < -0.4 is 0 Å². The molecule has 0 rings (SSSR count). The molecule has 0 heteroatoms. The highest BCUT2D eigenvalue weighted by Gasteiger charge is 2.03. The highest BCUT2D eigenvalue weighted by Crippen LogP contribution is 2.18. The van der Waals surface area contributed by atoms with Crippen molar-refractivity contribution in [3.63, 3.8) is 0 Å². The summed E-state index contributed by atoms with van der Waals surface area (Å²) in [6.45, 7) is 10.1. The molecule has 19 heavy (non-hydrogen) atoms. The summed E-state index contributed by atoms with van der Waals surface area (Å²) in [5.74, 6) is 0.913. The molecule has 0 fully saturated rings. The van der Waals surface area contributed by atoms with Crippen molar-refractivity contribution in [1.29, 1.82) is 0 Å². The van der Waals surface area contributed by atoms with E-state index >= 15 is 0 Å². The van der Waals surface area contributed by atoms with Crippen molar-refractivity contribution in [2.45, 2.75) is 90.4 Å². The molecule has 0 aromatic carbocycles. The third-order valence-electron chi connectivity index (χ3n) is 3.95. The van der Waals surface area contributed by atoms with Gasteiger partial charge in [-0.05, 0) is 25.2 Å². The van der Waals surface area contributed by atoms with Crippen LogP contribution in [0.3, 0.4) is 0 Å². The van der Waals surface area contributed by atoms with Gasteiger partial charge in [-0.25, -0.2) is 0 Å². The van der Waals surface area contributed by atoms with E-state index in [2.05, 4.69) is 32.9 Å². The molecule has 0 spiro atoms. The van der Waals surface area contributed by atoms with Gasteiger partial charge in [0.25, 0.3) is 0 Å². The van der Waals surface area contributed by atoms with Crippen LogP contribution >= 0.6 is 0 Å². The smallest absolute Gasteiger partial charge is 0.0322 e. The van der Waals surface area contributed by atoms with E-state index in [1.54, 1.807) is 0 Å². The first-order valence-corrected chi connectivity index (χ1v) is 8.58. The zero-order valence-corrected chi connectivity index (χ0v) is 13.3. The van der Waals surface area contributed by atoms with Crippen molar-refractivity contribution in [2.24, 2.45) is 5.92 Å². The fourth-order valence-corrected chi connectivity index (χ4v) is 2.47. The van der Waals surface area contributed by atoms with Gasteiger partial charge in [0.15, 0.2) is 0 Å². The number of allylic oxidation sites excluding steroid dienone is 2. The zero-order valence-electron chi connectivity index (χ0n) is 13.3. The summed E-state index contributed by atoms with van der Waals surface area (Å²) in [6, 6.07) is 0. The lowest BCUT2D eigenvalue weighted by Crippen LogP contribution is -1.97. The van der Waals surface area contributed by atoms with Gasteiger partial charge in [0, 0.05) is 0 Å². The number of hydrogen-bond acceptors (Lipinski definition) is 0. The predicted octanol–water partition coefficient (Wildman–Crippen LogP) is 6.92. The molecule has 0 amide bonds. The molecule has 2 radical (unpaired) electrons. The fourth-order valence-electron chi connectivity index (χ4n) is 2.47. The van der Waals surface area contributed by atoms with Crippen molar-refractivity contribution in [2.75, 3.05) is 0 Å². The van der Waals surface area contributed by atoms with Gasteiger partial charge >= 0.3 is 0 Å². The Balaban J connectivity index is 3.44. The Morgan fingerprint density at radius 3 is 2.05 bits per heavy atom. The highest BCUT2D eigenvalue weighted by atomic mass is 14.1. The average molecular weight is 264 g/mol. The van der Waals surface area contributed by atoms with E-state index in [0.717, 1.165) is 18.8 Å². The predicted molar refractivity (Wildman–Crippen MR) is 89.0 cm³/mol. The van der Waals surface area contributed by atoms with Crippen molar-refractivity contribution >= 4 is 0 Å². The summed E-state index contributed by atoms with van der Waals surface area (Å²) >= 11 is 0. The second kappa shape index (κ2) is 15.8. The van der Waals surface area contributed by atoms with Gasteiger partial charge < -0.3 is 0 Å². The van der Waals surface area contributed by atoms with Crippen LogP contribution in [0.4, 0.5) is 0 Å². The molecule has 0 saturated carbocycles. The third kappa shape index (κ3) is 14.0. The van der Waals surface area contributed by atoms with Crippen molar-refractivity contribution < 1.29 is 0 Å². The Labute approximate surface area is 123 Å². The Hall–Kier alpha value is -0.260. The minimum atomic E-state index is 0.913. The van der Waals surface area contributed by atoms with Crippen LogP contribution in [0.1, 0.15) is 90.4 Å². The summed E-state index contributed by atoms with van der Waals surface area (Å²) < 4.78 is 0. The maximum atomic E-state index is 3.90. The van der Waals surface area contributed by atoms with Crippen LogP contribution in [-0.4, -0.2) is 0 Å². The second-order valence-electron chi connectivity index (χ2n) is 5.74. The lowest BCUT2D eigenvalue weighted by atomic mass is 9.94. The molecule has 0 aromatic heterocycles. The van der Waals surface area contributed by atoms with Crippen LogP contribution in [0.5, 0.6) is 0 Å². The van der Waals surface area contributed by atoms with Crippen LogP contribution in [0.15, 0.2) is 12.2 Å². The van der Waals surface area contributed by atoms with Crippen molar-refractivity contribution in [1.82, 2.24) is 0 Å². The number of unbranched alkanes of at least 4 members (excludes halogenated alkanes) is 8. The average Bonchev–Trinajstić information content (AvgIpc) is 2.44. The second-order valence-corrected chi connectivity index (χ2v) is 5.74. The van der Waals surface area contributed by atoms with Crippen molar-refractivity contribution in [3.8, 4) is 0 Å². The summed E-state index contributed by atoms with van der Waals surface area (Å²) in [5.41, 5.74) is 0. The molecule has 0 bridgehead atoms. The molecular formula is C19H36. The maximum absolute atomic E-state index is 3.90. The molecule has 0 aliphatic heterocycles. The van der Waals surface area contributed by atoms with Gasteiger partial charge in [0.2, 0.25) is 0 Å². The van der Waals surface area contributed by atoms with Crippen LogP contribution in [0.2, 0.25) is 0 Å². The minimum Gasteiger partial charge on any atom is -0.0885 e. The summed E-state index contributed by atoms with van der Waals surface area (Å²) in [4.78, 5) is 0. The van der Waals surface area contributed by atoms with Gasteiger partial charge in [0.05, 0.1) is 0 Å². The lowest BCUT2D eigenvalue weighted by Gasteiger charge is -2.12. The Morgan fingerprint density at radius 2 is 1.42 bits per heavy atom. The molecule has 0 saturated heterocycles. The molecule has 0 N–H and O–H groups in total. The SMILES string of the molecule is [CH2]CCCCC/C=C/CC(CC)CCCCCC[CH2]. The third-order valence-corrected chi connectivity index (χ3v) is 3.95. The van der Waals surface area contributed by atoms with E-state index in [1.165, 1.54) is 70.6 Å². The molecule has 0 aromatic rings. The Kier molecular flexibility index (Phi) is 15.6. The first kappa shape index (κ1) is 18.7. The van der Waals surface area contributed by atoms with Gasteiger partial charge in [-0.15, -0.1) is 0 Å². The molecule has 1 atom stereocenters. The van der Waals surface area contributed by atoms with Gasteiger partial charge in [0.1, 0.15) is 0 Å². The molecule has 1 unspecified atom stereocenters. The summed E-state index contributed by atoms with van der Waals surface area (Å²) in [5, 5.41) is 0. The van der Waals surface area contributed by atoms with Crippen molar-refractivity contribution in [3.05, 3.63) is 26.0 Å². The minimum absolute atomic E-state index is 0.913. The van der Waals surface area contributed by atoms with E-state index < -0.39 is 0 Å². The fraction of sp³-hybridized carbons (Fsp3) is 0.789. The number of hydrogen-bond donors (Lipinski definition) is 0. The Bertz CT molecular complexity index is 180. The topological polar surface area (TPSA) is 0 Å². The molecule has 112 valence electrons. The standard InChI is InChI=1S/C19H36/c1-4-7-9-11-12-14-16-18-19(6-3)17-15-13-10-8-5-2/h14,16,19H,1-2,4-13,15,17-18H2,3H3/b16-14+. The van der Waals surface area contributed by atoms with E-state index in [1.807, 2.05) is 0 Å². The summed E-state index contributed by atoms with van der Waals surface area (Å²) in [6.07, 6.45) is 21.8. The quantitative estimate of drug-likeness (QED) is 0.236.